The molecule has 15 heavy (non-hydrogen) atoms. The lowest BCUT2D eigenvalue weighted by molar-refractivity contribution is 0.00634. The smallest absolute Gasteiger partial charge is 0.371 e. The van der Waals surface area contributed by atoms with E-state index in [1.165, 1.54) is 0 Å². The highest BCUT2D eigenvalue weighted by Crippen LogP contribution is 2.10. The number of carbonyl (C=O) groups excluding carboxylic acids is 1. The Morgan fingerprint density at radius 2 is 2.07 bits per heavy atom. The minimum atomic E-state index is -1.22. The lowest BCUT2D eigenvalue weighted by atomic mass is 10.2. The van der Waals surface area contributed by atoms with Crippen molar-refractivity contribution in [1.82, 2.24) is 9.97 Å². The van der Waals surface area contributed by atoms with Gasteiger partial charge in [-0.15, -0.1) is 0 Å². The quantitative estimate of drug-likeness (QED) is 0.715. The molecule has 0 aliphatic carbocycles. The zero-order chi connectivity index (χ0) is 11.6. The second kappa shape index (κ2) is 3.72. The summed E-state index contributed by atoms with van der Waals surface area (Å²) in [6, 6.07) is 0. The highest BCUT2D eigenvalue weighted by atomic mass is 16.6. The van der Waals surface area contributed by atoms with Crippen LogP contribution in [0.3, 0.4) is 0 Å². The van der Waals surface area contributed by atoms with Gasteiger partial charge >= 0.3 is 11.9 Å². The zero-order valence-corrected chi connectivity index (χ0v) is 8.70. The number of carbonyl (C=O) groups is 2. The summed E-state index contributed by atoms with van der Waals surface area (Å²) in [4.78, 5) is 27.7. The first kappa shape index (κ1) is 11.2. The molecule has 0 unspecified atom stereocenters. The molecule has 0 bridgehead atoms. The fourth-order valence-electron chi connectivity index (χ4n) is 0.867. The molecule has 0 saturated carbocycles. The van der Waals surface area contributed by atoms with E-state index in [4.69, 9.17) is 9.84 Å². The van der Waals surface area contributed by atoms with Crippen LogP contribution in [0.5, 0.6) is 0 Å². The number of rotatable bonds is 2. The molecule has 0 fully saturated rings. The van der Waals surface area contributed by atoms with Crippen LogP contribution in [0.2, 0.25) is 0 Å². The summed E-state index contributed by atoms with van der Waals surface area (Å²) in [5, 5.41) is 8.57. The van der Waals surface area contributed by atoms with E-state index in [0.29, 0.717) is 0 Å². The number of carboxylic acids is 1. The van der Waals surface area contributed by atoms with Gasteiger partial charge in [-0.05, 0) is 20.8 Å². The van der Waals surface area contributed by atoms with Crippen LogP contribution < -0.4 is 0 Å². The van der Waals surface area contributed by atoms with Crippen LogP contribution in [-0.2, 0) is 4.74 Å². The molecule has 1 aromatic rings. The minimum absolute atomic E-state index is 0.0299. The molecule has 6 heteroatoms. The molecule has 1 heterocycles. The molecular formula is C9H12N2O4. The van der Waals surface area contributed by atoms with Gasteiger partial charge in [0.2, 0.25) is 5.82 Å². The predicted molar refractivity (Wildman–Crippen MR) is 50.7 cm³/mol. The molecule has 0 radical (unpaired) electrons. The zero-order valence-electron chi connectivity index (χ0n) is 8.70. The van der Waals surface area contributed by atoms with Crippen LogP contribution in [0.25, 0.3) is 0 Å². The largest absolute Gasteiger partial charge is 0.475 e. The van der Waals surface area contributed by atoms with E-state index in [-0.39, 0.29) is 11.5 Å². The average molecular weight is 212 g/mol. The number of ether oxygens (including phenoxy) is 1. The van der Waals surface area contributed by atoms with Gasteiger partial charge in [-0.2, -0.15) is 0 Å². The number of carboxylic acid groups (broad SMARTS) is 1. The van der Waals surface area contributed by atoms with Crippen LogP contribution in [0.15, 0.2) is 6.20 Å². The molecule has 0 spiro atoms. The fourth-order valence-corrected chi connectivity index (χ4v) is 0.867. The first-order chi connectivity index (χ1) is 6.79. The van der Waals surface area contributed by atoms with Gasteiger partial charge < -0.3 is 14.8 Å². The van der Waals surface area contributed by atoms with Crippen LogP contribution in [0.1, 0.15) is 41.9 Å². The van der Waals surface area contributed by atoms with Crippen molar-refractivity contribution in [3.63, 3.8) is 0 Å². The average Bonchev–Trinajstić information content (AvgIpc) is 2.47. The molecule has 0 saturated heterocycles. The number of aromatic nitrogens is 2. The van der Waals surface area contributed by atoms with Gasteiger partial charge in [-0.3, -0.25) is 0 Å². The number of nitrogens with one attached hydrogen (secondary N) is 1. The number of imidazole rings is 1. The van der Waals surface area contributed by atoms with Crippen molar-refractivity contribution in [1.29, 1.82) is 0 Å². The number of hydrogen-bond donors (Lipinski definition) is 2. The minimum Gasteiger partial charge on any atom is -0.475 e. The summed E-state index contributed by atoms with van der Waals surface area (Å²) in [7, 11) is 0. The Bertz CT molecular complexity index is 389. The summed E-state index contributed by atoms with van der Waals surface area (Å²) < 4.78 is 5.01. The lowest BCUT2D eigenvalue weighted by Gasteiger charge is -2.18. The summed E-state index contributed by atoms with van der Waals surface area (Å²) in [5.41, 5.74) is -0.590. The molecule has 0 amide bonds. The van der Waals surface area contributed by atoms with Crippen molar-refractivity contribution in [3.8, 4) is 0 Å². The highest BCUT2D eigenvalue weighted by Gasteiger charge is 2.20. The van der Waals surface area contributed by atoms with E-state index < -0.39 is 17.5 Å². The van der Waals surface area contributed by atoms with Crippen molar-refractivity contribution < 1.29 is 19.4 Å². The Hall–Kier alpha value is -1.85. The number of aromatic carboxylic acids is 1. The topological polar surface area (TPSA) is 92.3 Å². The van der Waals surface area contributed by atoms with Crippen LogP contribution in [0, 0.1) is 0 Å². The van der Waals surface area contributed by atoms with Gasteiger partial charge in [0, 0.05) is 0 Å². The Morgan fingerprint density at radius 1 is 1.47 bits per heavy atom. The van der Waals surface area contributed by atoms with Crippen molar-refractivity contribution >= 4 is 11.9 Å². The normalized spacial score (nSPS) is 11.1. The van der Waals surface area contributed by atoms with E-state index in [0.717, 1.165) is 6.20 Å². The second-order valence-corrected chi connectivity index (χ2v) is 3.95. The molecule has 2 N–H and O–H groups in total. The van der Waals surface area contributed by atoms with E-state index in [1.807, 2.05) is 0 Å². The van der Waals surface area contributed by atoms with Crippen molar-refractivity contribution in [2.75, 3.05) is 0 Å². The first-order valence-electron chi connectivity index (χ1n) is 4.31. The Kier molecular flexibility index (Phi) is 2.78. The Labute approximate surface area is 86.3 Å². The maximum absolute atomic E-state index is 11.4. The van der Waals surface area contributed by atoms with Crippen molar-refractivity contribution in [3.05, 3.63) is 17.7 Å². The third-order valence-corrected chi connectivity index (χ3v) is 1.40. The van der Waals surface area contributed by atoms with Crippen molar-refractivity contribution in [2.24, 2.45) is 0 Å². The maximum atomic E-state index is 11.4. The summed E-state index contributed by atoms with van der Waals surface area (Å²) >= 11 is 0. The van der Waals surface area contributed by atoms with E-state index >= 15 is 0 Å². The SMILES string of the molecule is CC(C)(C)OC(=O)c1cnc(C(=O)O)[nH]1. The molecule has 0 aliphatic heterocycles. The van der Waals surface area contributed by atoms with Crippen LogP contribution >= 0.6 is 0 Å². The standard InChI is InChI=1S/C9H12N2O4/c1-9(2,3)15-8(14)5-4-10-6(11-5)7(12)13/h4H,1-3H3,(H,10,11)(H,12,13). The summed E-state index contributed by atoms with van der Waals surface area (Å²) in [6.07, 6.45) is 1.14. The molecule has 82 valence electrons. The Morgan fingerprint density at radius 3 is 2.47 bits per heavy atom. The van der Waals surface area contributed by atoms with E-state index in [9.17, 15) is 9.59 Å². The lowest BCUT2D eigenvalue weighted by Crippen LogP contribution is -2.24. The van der Waals surface area contributed by atoms with Gasteiger partial charge in [0.15, 0.2) is 0 Å². The Balaban J connectivity index is 2.79. The number of nitrogens with zero attached hydrogens (tertiary/aromatic N) is 1. The number of H-pyrrole nitrogens is 1. The van der Waals surface area contributed by atoms with E-state index in [2.05, 4.69) is 9.97 Å². The summed E-state index contributed by atoms with van der Waals surface area (Å²) in [5.74, 6) is -2.12. The first-order valence-corrected chi connectivity index (χ1v) is 4.31. The number of aromatic amines is 1. The molecule has 1 rings (SSSR count). The monoisotopic (exact) mass is 212 g/mol. The van der Waals surface area contributed by atoms with Crippen molar-refractivity contribution in [2.45, 2.75) is 26.4 Å². The highest BCUT2D eigenvalue weighted by molar-refractivity contribution is 5.90. The molecule has 0 atom stereocenters. The fraction of sp³-hybridized carbons (Fsp3) is 0.444. The predicted octanol–water partition coefficient (Wildman–Crippen LogP) is 1.06. The molecule has 1 aromatic heterocycles. The summed E-state index contributed by atoms with van der Waals surface area (Å²) in [6.45, 7) is 5.16. The third-order valence-electron chi connectivity index (χ3n) is 1.40. The number of esters is 1. The van der Waals surface area contributed by atoms with Gasteiger partial charge in [0.25, 0.3) is 0 Å². The molecular weight excluding hydrogens is 200 g/mol. The third kappa shape index (κ3) is 3.08. The number of hydrogen-bond acceptors (Lipinski definition) is 4. The van der Waals surface area contributed by atoms with Crippen LogP contribution in [-0.4, -0.2) is 32.6 Å². The second-order valence-electron chi connectivity index (χ2n) is 3.95. The molecule has 6 nitrogen and oxygen atoms in total. The maximum Gasteiger partial charge on any atom is 0.371 e. The van der Waals surface area contributed by atoms with E-state index in [1.54, 1.807) is 20.8 Å². The van der Waals surface area contributed by atoms with Gasteiger partial charge in [-0.25, -0.2) is 14.6 Å². The van der Waals surface area contributed by atoms with Gasteiger partial charge in [-0.1, -0.05) is 0 Å². The van der Waals surface area contributed by atoms with Gasteiger partial charge in [0.05, 0.1) is 6.20 Å². The molecule has 0 aromatic carbocycles. The van der Waals surface area contributed by atoms with Crippen LogP contribution in [0.4, 0.5) is 0 Å². The molecule has 0 aliphatic rings. The van der Waals surface area contributed by atoms with Gasteiger partial charge in [0.1, 0.15) is 11.3 Å².